The Morgan fingerprint density at radius 3 is 2.48 bits per heavy atom. The third-order valence-electron chi connectivity index (χ3n) is 4.18. The second-order valence-electron chi connectivity index (χ2n) is 5.99. The van der Waals surface area contributed by atoms with Gasteiger partial charge in [0.05, 0.1) is 0 Å². The molecular formula is C20H27N. The molecule has 1 atom stereocenters. The molecule has 0 heterocycles. The van der Waals surface area contributed by atoms with E-state index in [1.807, 2.05) is 0 Å². The second kappa shape index (κ2) is 7.42. The lowest BCUT2D eigenvalue weighted by Gasteiger charge is -2.22. The fourth-order valence-corrected chi connectivity index (χ4v) is 2.84. The fraction of sp³-hybridized carbons (Fsp3) is 0.400. The van der Waals surface area contributed by atoms with Crippen LogP contribution in [-0.4, -0.2) is 6.54 Å². The van der Waals surface area contributed by atoms with Crippen molar-refractivity contribution < 1.29 is 0 Å². The third-order valence-corrected chi connectivity index (χ3v) is 4.18. The minimum absolute atomic E-state index is 0.395. The van der Waals surface area contributed by atoms with Crippen LogP contribution in [0.15, 0.2) is 42.5 Å². The van der Waals surface area contributed by atoms with Gasteiger partial charge in [0.1, 0.15) is 0 Å². The van der Waals surface area contributed by atoms with Crippen LogP contribution >= 0.6 is 0 Å². The van der Waals surface area contributed by atoms with Gasteiger partial charge in [-0.3, -0.25) is 0 Å². The van der Waals surface area contributed by atoms with Crippen molar-refractivity contribution in [3.8, 4) is 0 Å². The summed E-state index contributed by atoms with van der Waals surface area (Å²) >= 11 is 0. The summed E-state index contributed by atoms with van der Waals surface area (Å²) in [6.07, 6.45) is 2.21. The monoisotopic (exact) mass is 281 g/mol. The van der Waals surface area contributed by atoms with Crippen LogP contribution in [0.25, 0.3) is 0 Å². The second-order valence-corrected chi connectivity index (χ2v) is 5.99. The first kappa shape index (κ1) is 15.8. The minimum Gasteiger partial charge on any atom is -0.310 e. The predicted molar refractivity (Wildman–Crippen MR) is 91.8 cm³/mol. The van der Waals surface area contributed by atoms with Crippen LogP contribution in [0, 0.1) is 20.8 Å². The highest BCUT2D eigenvalue weighted by Gasteiger charge is 2.14. The van der Waals surface area contributed by atoms with Gasteiger partial charge in [0.25, 0.3) is 0 Å². The molecule has 0 aliphatic heterocycles. The van der Waals surface area contributed by atoms with Crippen LogP contribution in [0.3, 0.4) is 0 Å². The molecule has 2 aromatic carbocycles. The molecule has 0 aliphatic rings. The van der Waals surface area contributed by atoms with Crippen LogP contribution in [0.4, 0.5) is 0 Å². The highest BCUT2D eigenvalue weighted by Crippen LogP contribution is 2.24. The van der Waals surface area contributed by atoms with Gasteiger partial charge in [-0.2, -0.15) is 0 Å². The van der Waals surface area contributed by atoms with E-state index in [9.17, 15) is 0 Å². The van der Waals surface area contributed by atoms with Crippen LogP contribution in [0.2, 0.25) is 0 Å². The van der Waals surface area contributed by atoms with E-state index < -0.39 is 0 Å². The van der Waals surface area contributed by atoms with Gasteiger partial charge in [-0.1, -0.05) is 55.0 Å². The lowest BCUT2D eigenvalue weighted by Crippen LogP contribution is -2.25. The molecule has 1 N–H and O–H groups in total. The molecule has 0 fully saturated rings. The van der Waals surface area contributed by atoms with E-state index in [1.54, 1.807) is 0 Å². The highest BCUT2D eigenvalue weighted by molar-refractivity contribution is 5.36. The van der Waals surface area contributed by atoms with Crippen molar-refractivity contribution in [2.24, 2.45) is 0 Å². The van der Waals surface area contributed by atoms with Crippen molar-refractivity contribution in [3.63, 3.8) is 0 Å². The average molecular weight is 281 g/mol. The fourth-order valence-electron chi connectivity index (χ4n) is 2.84. The molecule has 2 aromatic rings. The molecule has 0 aliphatic carbocycles. The van der Waals surface area contributed by atoms with E-state index in [0.717, 1.165) is 19.4 Å². The zero-order valence-electron chi connectivity index (χ0n) is 13.7. The molecule has 112 valence electrons. The van der Waals surface area contributed by atoms with Gasteiger partial charge in [0.2, 0.25) is 0 Å². The molecule has 0 radical (unpaired) electrons. The third kappa shape index (κ3) is 4.18. The molecule has 0 bridgehead atoms. The van der Waals surface area contributed by atoms with Crippen molar-refractivity contribution in [1.82, 2.24) is 5.32 Å². The van der Waals surface area contributed by atoms with Gasteiger partial charge >= 0.3 is 0 Å². The van der Waals surface area contributed by atoms with E-state index in [1.165, 1.54) is 27.8 Å². The van der Waals surface area contributed by atoms with E-state index in [0.29, 0.717) is 6.04 Å². The van der Waals surface area contributed by atoms with Crippen molar-refractivity contribution in [2.75, 3.05) is 6.54 Å². The molecule has 0 saturated heterocycles. The molecule has 0 spiro atoms. The van der Waals surface area contributed by atoms with Crippen molar-refractivity contribution in [3.05, 3.63) is 70.3 Å². The standard InChI is InChI=1S/C20H27N/c1-5-12-21-20(14-18-10-6-8-15(2)13-18)19-11-7-9-16(3)17(19)4/h6-11,13,20-21H,5,12,14H2,1-4H3. The number of aryl methyl sites for hydroxylation is 2. The summed E-state index contributed by atoms with van der Waals surface area (Å²) in [6.45, 7) is 9.88. The Balaban J connectivity index is 2.27. The van der Waals surface area contributed by atoms with E-state index in [4.69, 9.17) is 0 Å². The highest BCUT2D eigenvalue weighted by atomic mass is 14.9. The first-order valence-corrected chi connectivity index (χ1v) is 7.97. The minimum atomic E-state index is 0.395. The quantitative estimate of drug-likeness (QED) is 0.794. The molecule has 0 amide bonds. The van der Waals surface area contributed by atoms with Gasteiger partial charge in [0.15, 0.2) is 0 Å². The smallest absolute Gasteiger partial charge is 0.0363 e. The Kier molecular flexibility index (Phi) is 5.58. The predicted octanol–water partition coefficient (Wildman–Crippen LogP) is 4.90. The Morgan fingerprint density at radius 2 is 1.76 bits per heavy atom. The molecule has 1 nitrogen and oxygen atoms in total. The Labute approximate surface area is 129 Å². The first-order chi connectivity index (χ1) is 10.1. The zero-order valence-corrected chi connectivity index (χ0v) is 13.7. The largest absolute Gasteiger partial charge is 0.310 e. The molecule has 2 rings (SSSR count). The van der Waals surface area contributed by atoms with Crippen LogP contribution in [-0.2, 0) is 6.42 Å². The Morgan fingerprint density at radius 1 is 1.00 bits per heavy atom. The summed E-state index contributed by atoms with van der Waals surface area (Å²) in [7, 11) is 0. The number of rotatable bonds is 6. The maximum atomic E-state index is 3.72. The number of nitrogens with one attached hydrogen (secondary N) is 1. The van der Waals surface area contributed by atoms with E-state index in [-0.39, 0.29) is 0 Å². The first-order valence-electron chi connectivity index (χ1n) is 7.97. The van der Waals surface area contributed by atoms with Crippen molar-refractivity contribution in [1.29, 1.82) is 0 Å². The summed E-state index contributed by atoms with van der Waals surface area (Å²) in [5.41, 5.74) is 6.97. The lowest BCUT2D eigenvalue weighted by atomic mass is 9.92. The van der Waals surface area contributed by atoms with E-state index in [2.05, 4.69) is 75.5 Å². The summed E-state index contributed by atoms with van der Waals surface area (Å²) < 4.78 is 0. The summed E-state index contributed by atoms with van der Waals surface area (Å²) in [5, 5.41) is 3.72. The summed E-state index contributed by atoms with van der Waals surface area (Å²) in [5.74, 6) is 0. The summed E-state index contributed by atoms with van der Waals surface area (Å²) in [4.78, 5) is 0. The lowest BCUT2D eigenvalue weighted by molar-refractivity contribution is 0.527. The molecule has 0 saturated carbocycles. The number of hydrogen-bond donors (Lipinski definition) is 1. The van der Waals surface area contributed by atoms with Gasteiger partial charge in [-0.25, -0.2) is 0 Å². The van der Waals surface area contributed by atoms with Gasteiger partial charge in [-0.05, 0) is 62.4 Å². The molecule has 0 aromatic heterocycles. The molecule has 21 heavy (non-hydrogen) atoms. The topological polar surface area (TPSA) is 12.0 Å². The number of hydrogen-bond acceptors (Lipinski definition) is 1. The average Bonchev–Trinajstić information content (AvgIpc) is 2.47. The van der Waals surface area contributed by atoms with E-state index >= 15 is 0 Å². The van der Waals surface area contributed by atoms with Crippen LogP contribution in [0.1, 0.15) is 47.2 Å². The normalized spacial score (nSPS) is 12.4. The van der Waals surface area contributed by atoms with Gasteiger partial charge in [-0.15, -0.1) is 0 Å². The maximum absolute atomic E-state index is 3.72. The SMILES string of the molecule is CCCNC(Cc1cccc(C)c1)c1cccc(C)c1C. The van der Waals surface area contributed by atoms with Gasteiger partial charge in [0, 0.05) is 6.04 Å². The zero-order chi connectivity index (χ0) is 15.2. The Hall–Kier alpha value is -1.60. The molecule has 1 heteroatoms. The van der Waals surface area contributed by atoms with Crippen LogP contribution in [0.5, 0.6) is 0 Å². The van der Waals surface area contributed by atoms with Gasteiger partial charge < -0.3 is 5.32 Å². The van der Waals surface area contributed by atoms with Crippen LogP contribution < -0.4 is 5.32 Å². The maximum Gasteiger partial charge on any atom is 0.0363 e. The number of benzene rings is 2. The Bertz CT molecular complexity index is 586. The summed E-state index contributed by atoms with van der Waals surface area (Å²) in [6, 6.07) is 15.9. The van der Waals surface area contributed by atoms with Crippen molar-refractivity contribution in [2.45, 2.75) is 46.6 Å². The molecule has 1 unspecified atom stereocenters. The molecular weight excluding hydrogens is 254 g/mol. The van der Waals surface area contributed by atoms with Crippen molar-refractivity contribution >= 4 is 0 Å².